The van der Waals surface area contributed by atoms with E-state index in [0.717, 1.165) is 0 Å². The van der Waals surface area contributed by atoms with Crippen molar-refractivity contribution in [3.8, 4) is 0 Å². The van der Waals surface area contributed by atoms with Gasteiger partial charge in [0.25, 0.3) is 0 Å². The second-order valence-corrected chi connectivity index (χ2v) is 13.8. The number of benzene rings is 1. The molecule has 0 aliphatic heterocycles. The first-order valence-corrected chi connectivity index (χ1v) is 12.9. The van der Waals surface area contributed by atoms with Gasteiger partial charge in [-0.15, -0.1) is 0 Å². The highest BCUT2D eigenvalue weighted by atomic mass is 15.0. The van der Waals surface area contributed by atoms with Crippen molar-refractivity contribution in [1.82, 2.24) is 5.32 Å². The van der Waals surface area contributed by atoms with Crippen molar-refractivity contribution in [2.75, 3.05) is 0 Å². The monoisotopic (exact) mass is 447 g/mol. The third kappa shape index (κ3) is 4.62. The van der Waals surface area contributed by atoms with E-state index < -0.39 is 0 Å². The summed E-state index contributed by atoms with van der Waals surface area (Å²) in [6.45, 7) is 32.6. The Kier molecular flexibility index (Phi) is 6.40. The van der Waals surface area contributed by atoms with Crippen LogP contribution in [0.15, 0.2) is 48.2 Å². The van der Waals surface area contributed by atoms with E-state index in [1.165, 1.54) is 28.8 Å². The fraction of sp³-hybridized carbons (Fsp3) is 0.625. The first-order valence-electron chi connectivity index (χ1n) is 12.9. The predicted octanol–water partition coefficient (Wildman–Crippen LogP) is 8.73. The van der Waals surface area contributed by atoms with Crippen LogP contribution in [0.25, 0.3) is 0 Å². The minimum Gasteiger partial charge on any atom is -0.384 e. The minimum absolute atomic E-state index is 0.0981. The normalized spacial score (nSPS) is 27.5. The standard InChI is InChI=1S/C32H49N/c1-20(2)32(13)15-14-21(3)16-27(32)33-28(29(6,7)8)23(5)24-18-26-25(17-22(24)4)30(9,10)19-31(26,11)12/h14-18,21,23,28,33H,1,19H2,2-13H3. The van der Waals surface area contributed by atoms with Gasteiger partial charge in [0.2, 0.25) is 0 Å². The van der Waals surface area contributed by atoms with Crippen molar-refractivity contribution in [2.45, 2.75) is 112 Å². The molecule has 1 aromatic carbocycles. The fourth-order valence-corrected chi connectivity index (χ4v) is 6.56. The summed E-state index contributed by atoms with van der Waals surface area (Å²) in [5.74, 6) is 0.812. The summed E-state index contributed by atoms with van der Waals surface area (Å²) in [6.07, 6.45) is 8.27. The van der Waals surface area contributed by atoms with Crippen molar-refractivity contribution in [3.63, 3.8) is 0 Å². The number of fused-ring (bicyclic) bond motifs is 1. The van der Waals surface area contributed by atoms with Crippen LogP contribution in [0.3, 0.4) is 0 Å². The fourth-order valence-electron chi connectivity index (χ4n) is 6.56. The first kappa shape index (κ1) is 25.9. The van der Waals surface area contributed by atoms with Crippen LogP contribution in [-0.4, -0.2) is 6.04 Å². The maximum absolute atomic E-state index is 4.35. The zero-order chi connectivity index (χ0) is 25.1. The topological polar surface area (TPSA) is 12.0 Å². The van der Waals surface area contributed by atoms with Crippen LogP contribution < -0.4 is 5.32 Å². The van der Waals surface area contributed by atoms with E-state index in [1.807, 2.05) is 0 Å². The molecule has 0 saturated heterocycles. The molecular formula is C32H49N. The van der Waals surface area contributed by atoms with Crippen LogP contribution in [0.4, 0.5) is 0 Å². The quantitative estimate of drug-likeness (QED) is 0.445. The van der Waals surface area contributed by atoms with Crippen LogP contribution in [0.2, 0.25) is 0 Å². The van der Waals surface area contributed by atoms with E-state index in [9.17, 15) is 0 Å². The highest BCUT2D eigenvalue weighted by molar-refractivity contribution is 5.50. The summed E-state index contributed by atoms with van der Waals surface area (Å²) < 4.78 is 0. The van der Waals surface area contributed by atoms with Gasteiger partial charge in [0.05, 0.1) is 0 Å². The molecule has 0 radical (unpaired) electrons. The van der Waals surface area contributed by atoms with Gasteiger partial charge in [0, 0.05) is 23.1 Å². The third-order valence-corrected chi connectivity index (χ3v) is 8.59. The molecule has 2 aliphatic rings. The molecule has 0 heterocycles. The van der Waals surface area contributed by atoms with Gasteiger partial charge < -0.3 is 5.32 Å². The van der Waals surface area contributed by atoms with Gasteiger partial charge in [-0.25, -0.2) is 0 Å². The van der Waals surface area contributed by atoms with Gasteiger partial charge in [-0.2, -0.15) is 0 Å². The Balaban J connectivity index is 2.07. The molecule has 2 aliphatic carbocycles. The average molecular weight is 448 g/mol. The Hall–Kier alpha value is -1.76. The van der Waals surface area contributed by atoms with E-state index in [1.54, 1.807) is 11.1 Å². The maximum Gasteiger partial charge on any atom is 0.0452 e. The second-order valence-electron chi connectivity index (χ2n) is 13.8. The van der Waals surface area contributed by atoms with E-state index in [-0.39, 0.29) is 21.7 Å². The largest absolute Gasteiger partial charge is 0.384 e. The lowest BCUT2D eigenvalue weighted by atomic mass is 9.71. The average Bonchev–Trinajstić information content (AvgIpc) is 2.83. The van der Waals surface area contributed by atoms with Crippen LogP contribution in [0, 0.1) is 23.7 Å². The number of hydrogen-bond donors (Lipinski definition) is 1. The summed E-state index contributed by atoms with van der Waals surface area (Å²) in [6, 6.07) is 5.36. The summed E-state index contributed by atoms with van der Waals surface area (Å²) in [5, 5.41) is 4.08. The van der Waals surface area contributed by atoms with Crippen LogP contribution in [0.5, 0.6) is 0 Å². The Morgan fingerprint density at radius 3 is 2.12 bits per heavy atom. The molecule has 0 aromatic heterocycles. The van der Waals surface area contributed by atoms with Crippen molar-refractivity contribution in [3.05, 3.63) is 70.5 Å². The van der Waals surface area contributed by atoms with E-state index in [0.29, 0.717) is 17.9 Å². The molecule has 1 aromatic rings. The molecule has 3 rings (SSSR count). The van der Waals surface area contributed by atoms with Crippen LogP contribution in [0.1, 0.15) is 111 Å². The zero-order valence-corrected chi connectivity index (χ0v) is 23.5. The van der Waals surface area contributed by atoms with E-state index in [2.05, 4.69) is 125 Å². The SMILES string of the molecule is C=C(C)C1(C)C=CC(C)C=C1NC(C(C)c1cc2c(cc1C)C(C)(C)CC2(C)C)C(C)(C)C. The summed E-state index contributed by atoms with van der Waals surface area (Å²) >= 11 is 0. The molecule has 1 heteroatoms. The molecule has 0 fully saturated rings. The highest BCUT2D eigenvalue weighted by Gasteiger charge is 2.43. The number of hydrogen-bond acceptors (Lipinski definition) is 1. The molecule has 0 bridgehead atoms. The smallest absolute Gasteiger partial charge is 0.0452 e. The molecule has 1 N–H and O–H groups in total. The van der Waals surface area contributed by atoms with E-state index in [4.69, 9.17) is 0 Å². The van der Waals surface area contributed by atoms with Gasteiger partial charge in [0.1, 0.15) is 0 Å². The number of aryl methyl sites for hydroxylation is 1. The molecular weight excluding hydrogens is 398 g/mol. The first-order chi connectivity index (χ1) is 14.9. The number of allylic oxidation sites excluding steroid dienone is 3. The zero-order valence-electron chi connectivity index (χ0n) is 23.5. The summed E-state index contributed by atoms with van der Waals surface area (Å²) in [4.78, 5) is 0. The minimum atomic E-state index is -0.144. The Morgan fingerprint density at radius 2 is 1.61 bits per heavy atom. The lowest BCUT2D eigenvalue weighted by Crippen LogP contribution is -2.47. The van der Waals surface area contributed by atoms with Crippen molar-refractivity contribution in [1.29, 1.82) is 0 Å². The molecule has 1 nitrogen and oxygen atoms in total. The van der Waals surface area contributed by atoms with E-state index >= 15 is 0 Å². The molecule has 4 atom stereocenters. The molecule has 182 valence electrons. The predicted molar refractivity (Wildman–Crippen MR) is 146 cm³/mol. The third-order valence-electron chi connectivity index (χ3n) is 8.59. The molecule has 4 unspecified atom stereocenters. The summed E-state index contributed by atoms with van der Waals surface area (Å²) in [7, 11) is 0. The van der Waals surface area contributed by atoms with Crippen molar-refractivity contribution >= 4 is 0 Å². The molecule has 33 heavy (non-hydrogen) atoms. The van der Waals surface area contributed by atoms with Gasteiger partial charge in [-0.05, 0) is 71.6 Å². The Labute approximate surface area is 204 Å². The van der Waals surface area contributed by atoms with Crippen molar-refractivity contribution in [2.24, 2.45) is 16.7 Å². The molecule has 0 spiro atoms. The van der Waals surface area contributed by atoms with Crippen molar-refractivity contribution < 1.29 is 0 Å². The van der Waals surface area contributed by atoms with Gasteiger partial charge in [0.15, 0.2) is 0 Å². The maximum atomic E-state index is 4.35. The van der Waals surface area contributed by atoms with Crippen LogP contribution in [-0.2, 0) is 10.8 Å². The second kappa shape index (κ2) is 8.17. The van der Waals surface area contributed by atoms with Crippen LogP contribution >= 0.6 is 0 Å². The van der Waals surface area contributed by atoms with Gasteiger partial charge in [-0.1, -0.05) is 105 Å². The Morgan fingerprint density at radius 1 is 1.06 bits per heavy atom. The van der Waals surface area contributed by atoms with Gasteiger partial charge in [-0.3, -0.25) is 0 Å². The number of rotatable bonds is 5. The highest BCUT2D eigenvalue weighted by Crippen LogP contribution is 2.51. The molecule has 0 saturated carbocycles. The number of nitrogens with one attached hydrogen (secondary N) is 1. The molecule has 0 amide bonds. The lowest BCUT2D eigenvalue weighted by Gasteiger charge is -2.43. The lowest BCUT2D eigenvalue weighted by molar-refractivity contribution is 0.242. The van der Waals surface area contributed by atoms with Gasteiger partial charge >= 0.3 is 0 Å². The Bertz CT molecular complexity index is 994. The summed E-state index contributed by atoms with van der Waals surface area (Å²) in [5.41, 5.74) is 8.91.